The lowest BCUT2D eigenvalue weighted by atomic mass is 10.1. The van der Waals surface area contributed by atoms with Crippen LogP contribution < -0.4 is 9.47 Å². The van der Waals surface area contributed by atoms with Crippen LogP contribution in [0.15, 0.2) is 5.38 Å². The molecule has 0 unspecified atom stereocenters. The second-order valence-electron chi connectivity index (χ2n) is 5.16. The summed E-state index contributed by atoms with van der Waals surface area (Å²) < 4.78 is 21.7. The van der Waals surface area contributed by atoms with Crippen LogP contribution in [0.2, 0.25) is 0 Å². The molecule has 1 fully saturated rings. The summed E-state index contributed by atoms with van der Waals surface area (Å²) in [4.78, 5) is 15.1. The number of rotatable bonds is 3. The summed E-state index contributed by atoms with van der Waals surface area (Å²) in [6.07, 6.45) is 0.0962. The van der Waals surface area contributed by atoms with Gasteiger partial charge in [-0.1, -0.05) is 0 Å². The fourth-order valence-corrected chi connectivity index (χ4v) is 3.54. The minimum atomic E-state index is -0.367. The molecule has 3 heterocycles. The molecule has 0 aromatic carbocycles. The lowest BCUT2D eigenvalue weighted by molar-refractivity contribution is -0.157. The minimum absolute atomic E-state index is 0.0962. The maximum Gasteiger partial charge on any atom is 0.325 e. The number of morpholine rings is 1. The molecule has 3 rings (SSSR count). The van der Waals surface area contributed by atoms with E-state index in [1.165, 1.54) is 7.11 Å². The SMILES string of the molecule is COC(=O)[C@@H]1CO[C@@H](C)CN1Cc1scc2c1OCCO2. The maximum absolute atomic E-state index is 11.9. The third-order valence-corrected chi connectivity index (χ3v) is 4.59. The van der Waals surface area contributed by atoms with Crippen LogP contribution in [0.5, 0.6) is 11.5 Å². The molecule has 7 heteroatoms. The Morgan fingerprint density at radius 3 is 3.10 bits per heavy atom. The predicted octanol–water partition coefficient (Wildman–Crippen LogP) is 1.28. The Bertz CT molecular complexity index is 517. The summed E-state index contributed by atoms with van der Waals surface area (Å²) in [5.41, 5.74) is 0. The monoisotopic (exact) mass is 313 g/mol. The summed E-state index contributed by atoms with van der Waals surface area (Å²) in [5, 5.41) is 1.96. The lowest BCUT2D eigenvalue weighted by Gasteiger charge is -2.36. The fourth-order valence-electron chi connectivity index (χ4n) is 2.61. The van der Waals surface area contributed by atoms with E-state index in [-0.39, 0.29) is 18.1 Å². The summed E-state index contributed by atoms with van der Waals surface area (Å²) in [5.74, 6) is 1.36. The number of methoxy groups -OCH3 is 1. The Balaban J connectivity index is 1.77. The van der Waals surface area contributed by atoms with E-state index in [1.54, 1.807) is 11.3 Å². The number of hydrogen-bond acceptors (Lipinski definition) is 7. The molecule has 0 radical (unpaired) electrons. The summed E-state index contributed by atoms with van der Waals surface area (Å²) >= 11 is 1.60. The van der Waals surface area contributed by atoms with Crippen molar-refractivity contribution in [1.29, 1.82) is 0 Å². The summed E-state index contributed by atoms with van der Waals surface area (Å²) in [6.45, 7) is 4.84. The largest absolute Gasteiger partial charge is 0.485 e. The highest BCUT2D eigenvalue weighted by molar-refractivity contribution is 7.10. The van der Waals surface area contributed by atoms with Gasteiger partial charge in [0, 0.05) is 18.5 Å². The molecule has 0 amide bonds. The molecule has 2 aliphatic rings. The second kappa shape index (κ2) is 6.21. The number of carbonyl (C=O) groups is 1. The van der Waals surface area contributed by atoms with Crippen molar-refractivity contribution >= 4 is 17.3 Å². The van der Waals surface area contributed by atoms with Gasteiger partial charge in [-0.15, -0.1) is 11.3 Å². The molecule has 21 heavy (non-hydrogen) atoms. The lowest BCUT2D eigenvalue weighted by Crippen LogP contribution is -2.52. The Labute approximate surface area is 127 Å². The number of ether oxygens (including phenoxy) is 4. The highest BCUT2D eigenvalue weighted by atomic mass is 32.1. The molecule has 1 aromatic heterocycles. The first-order valence-corrected chi connectivity index (χ1v) is 7.86. The van der Waals surface area contributed by atoms with Crippen molar-refractivity contribution in [2.24, 2.45) is 0 Å². The number of carbonyl (C=O) groups excluding carboxylic acids is 1. The van der Waals surface area contributed by atoms with Gasteiger partial charge >= 0.3 is 5.97 Å². The van der Waals surface area contributed by atoms with Gasteiger partial charge in [0.15, 0.2) is 11.5 Å². The quantitative estimate of drug-likeness (QED) is 0.784. The molecule has 0 bridgehead atoms. The number of hydrogen-bond donors (Lipinski definition) is 0. The average molecular weight is 313 g/mol. The highest BCUT2D eigenvalue weighted by Crippen LogP contribution is 2.40. The first-order valence-electron chi connectivity index (χ1n) is 6.98. The molecule has 6 nitrogen and oxygen atoms in total. The van der Waals surface area contributed by atoms with Gasteiger partial charge in [0.25, 0.3) is 0 Å². The van der Waals surface area contributed by atoms with Crippen LogP contribution in [0.4, 0.5) is 0 Å². The third kappa shape index (κ3) is 3.00. The molecule has 1 aromatic rings. The van der Waals surface area contributed by atoms with Crippen molar-refractivity contribution in [3.05, 3.63) is 10.3 Å². The molecule has 116 valence electrons. The van der Waals surface area contributed by atoms with E-state index < -0.39 is 0 Å². The van der Waals surface area contributed by atoms with E-state index in [0.29, 0.717) is 32.9 Å². The standard InChI is InChI=1S/C14H19NO5S/c1-9-5-15(10(7-20-9)14(16)17-2)6-12-13-11(8-21-12)18-3-4-19-13/h8-10H,3-7H2,1-2H3/t9-,10-/m0/s1. The van der Waals surface area contributed by atoms with Gasteiger partial charge in [0.2, 0.25) is 0 Å². The van der Waals surface area contributed by atoms with E-state index in [9.17, 15) is 4.79 Å². The van der Waals surface area contributed by atoms with Crippen molar-refractivity contribution in [2.75, 3.05) is 33.5 Å². The van der Waals surface area contributed by atoms with Crippen LogP contribution >= 0.6 is 11.3 Å². The topological polar surface area (TPSA) is 57.2 Å². The average Bonchev–Trinajstić information content (AvgIpc) is 2.90. The van der Waals surface area contributed by atoms with Gasteiger partial charge in [-0.2, -0.15) is 0 Å². The van der Waals surface area contributed by atoms with Crippen LogP contribution in [0.3, 0.4) is 0 Å². The van der Waals surface area contributed by atoms with Crippen LogP contribution in [0, 0.1) is 0 Å². The van der Waals surface area contributed by atoms with Gasteiger partial charge in [-0.3, -0.25) is 9.69 Å². The van der Waals surface area contributed by atoms with E-state index in [2.05, 4.69) is 4.90 Å². The van der Waals surface area contributed by atoms with Gasteiger partial charge in [0.1, 0.15) is 19.3 Å². The van der Waals surface area contributed by atoms with E-state index in [1.807, 2.05) is 12.3 Å². The molecule has 0 N–H and O–H groups in total. The van der Waals surface area contributed by atoms with Crippen molar-refractivity contribution < 1.29 is 23.7 Å². The summed E-state index contributed by atoms with van der Waals surface area (Å²) in [7, 11) is 1.41. The van der Waals surface area contributed by atoms with Gasteiger partial charge < -0.3 is 18.9 Å². The van der Waals surface area contributed by atoms with E-state index >= 15 is 0 Å². The number of thiophene rings is 1. The zero-order valence-corrected chi connectivity index (χ0v) is 13.0. The molecule has 1 saturated heterocycles. The molecular formula is C14H19NO5S. The fraction of sp³-hybridized carbons (Fsp3) is 0.643. The van der Waals surface area contributed by atoms with Crippen molar-refractivity contribution in [1.82, 2.24) is 4.90 Å². The third-order valence-electron chi connectivity index (χ3n) is 3.66. The second-order valence-corrected chi connectivity index (χ2v) is 6.13. The number of nitrogens with zero attached hydrogens (tertiary/aromatic N) is 1. The van der Waals surface area contributed by atoms with Gasteiger partial charge in [0.05, 0.1) is 24.7 Å². The minimum Gasteiger partial charge on any atom is -0.485 e. The van der Waals surface area contributed by atoms with E-state index in [0.717, 1.165) is 16.4 Å². The number of esters is 1. The predicted molar refractivity (Wildman–Crippen MR) is 76.9 cm³/mol. The normalized spacial score (nSPS) is 25.6. The van der Waals surface area contributed by atoms with Gasteiger partial charge in [-0.05, 0) is 6.92 Å². The Kier molecular flexibility index (Phi) is 4.32. The van der Waals surface area contributed by atoms with Gasteiger partial charge in [-0.25, -0.2) is 0 Å². The molecule has 2 aliphatic heterocycles. The zero-order valence-electron chi connectivity index (χ0n) is 12.2. The molecule has 2 atom stereocenters. The smallest absolute Gasteiger partial charge is 0.325 e. The van der Waals surface area contributed by atoms with Crippen LogP contribution in [-0.4, -0.2) is 56.5 Å². The molecular weight excluding hydrogens is 294 g/mol. The summed E-state index contributed by atoms with van der Waals surface area (Å²) in [6, 6.07) is -0.367. The Morgan fingerprint density at radius 1 is 1.48 bits per heavy atom. The van der Waals surface area contributed by atoms with Crippen LogP contribution in [-0.2, 0) is 20.8 Å². The highest BCUT2D eigenvalue weighted by Gasteiger charge is 2.34. The van der Waals surface area contributed by atoms with Crippen molar-refractivity contribution in [3.8, 4) is 11.5 Å². The molecule has 0 aliphatic carbocycles. The first kappa shape index (κ1) is 14.6. The molecule has 0 saturated carbocycles. The Morgan fingerprint density at radius 2 is 2.29 bits per heavy atom. The first-order chi connectivity index (χ1) is 10.2. The van der Waals surface area contributed by atoms with Crippen molar-refractivity contribution in [2.45, 2.75) is 25.6 Å². The van der Waals surface area contributed by atoms with E-state index in [4.69, 9.17) is 18.9 Å². The zero-order chi connectivity index (χ0) is 14.8. The molecule has 0 spiro atoms. The number of fused-ring (bicyclic) bond motifs is 1. The van der Waals surface area contributed by atoms with Crippen LogP contribution in [0.25, 0.3) is 0 Å². The maximum atomic E-state index is 11.9. The van der Waals surface area contributed by atoms with Crippen molar-refractivity contribution in [3.63, 3.8) is 0 Å². The van der Waals surface area contributed by atoms with Crippen LogP contribution in [0.1, 0.15) is 11.8 Å². The Hall–Kier alpha value is -1.31.